The van der Waals surface area contributed by atoms with Gasteiger partial charge in [0.1, 0.15) is 12.4 Å². The molecule has 0 aliphatic heterocycles. The van der Waals surface area contributed by atoms with Crippen LogP contribution in [0.2, 0.25) is 0 Å². The largest absolute Gasteiger partial charge is 0.493 e. The molecule has 0 saturated carbocycles. The predicted octanol–water partition coefficient (Wildman–Crippen LogP) is 3.48. The minimum absolute atomic E-state index is 0.221. The molecule has 6 nitrogen and oxygen atoms in total. The third-order valence-electron chi connectivity index (χ3n) is 4.15. The molecule has 2 aromatic carbocycles. The van der Waals surface area contributed by atoms with Gasteiger partial charge in [-0.2, -0.15) is 0 Å². The first kappa shape index (κ1) is 21.2. The Morgan fingerprint density at radius 1 is 0.964 bits per heavy atom. The lowest BCUT2D eigenvalue weighted by Crippen LogP contribution is -2.26. The Balaban J connectivity index is 1.87. The average Bonchev–Trinajstić information content (AvgIpc) is 2.74. The molecule has 2 aromatic rings. The van der Waals surface area contributed by atoms with Gasteiger partial charge in [0.15, 0.2) is 11.5 Å². The zero-order chi connectivity index (χ0) is 20.4. The summed E-state index contributed by atoms with van der Waals surface area (Å²) in [6.07, 6.45) is 4.10. The van der Waals surface area contributed by atoms with Gasteiger partial charge in [-0.15, -0.1) is 0 Å². The number of hydrogen-bond donors (Lipinski definition) is 1. The van der Waals surface area contributed by atoms with Crippen LogP contribution in [-0.4, -0.2) is 40.4 Å². The van der Waals surface area contributed by atoms with Gasteiger partial charge in [0.05, 0.1) is 27.9 Å². The van der Waals surface area contributed by atoms with Gasteiger partial charge in [0.25, 0.3) is 0 Å². The van der Waals surface area contributed by atoms with E-state index in [1.165, 1.54) is 18.7 Å². The van der Waals surface area contributed by atoms with Crippen LogP contribution in [-0.2, 0) is 11.2 Å². The van der Waals surface area contributed by atoms with E-state index in [2.05, 4.69) is 12.2 Å². The maximum atomic E-state index is 12.0. The lowest BCUT2D eigenvalue weighted by Gasteiger charge is -2.14. The Bertz CT molecular complexity index is 799. The van der Waals surface area contributed by atoms with Crippen molar-refractivity contribution >= 4 is 12.0 Å². The van der Waals surface area contributed by atoms with E-state index in [9.17, 15) is 4.79 Å². The van der Waals surface area contributed by atoms with E-state index in [-0.39, 0.29) is 5.91 Å². The summed E-state index contributed by atoms with van der Waals surface area (Å²) in [5.41, 5.74) is 1.97. The topological polar surface area (TPSA) is 66.0 Å². The molecule has 150 valence electrons. The Kier molecular flexibility index (Phi) is 8.21. The van der Waals surface area contributed by atoms with Crippen LogP contribution in [0.5, 0.6) is 23.0 Å². The molecule has 0 aromatic heterocycles. The molecule has 1 N–H and O–H groups in total. The standard InChI is InChI=1S/C22H27NO5/c1-5-16-6-10-18(11-7-16)28-15-14-23-20(24)13-9-17-8-12-19(25-2)22(27-4)21(17)26-3/h6-13H,5,14-15H2,1-4H3,(H,23,24)/b13-9+. The number of methoxy groups -OCH3 is 3. The minimum atomic E-state index is -0.221. The second kappa shape index (κ2) is 10.9. The molecule has 0 saturated heterocycles. The van der Waals surface area contributed by atoms with Gasteiger partial charge < -0.3 is 24.3 Å². The molecule has 0 fully saturated rings. The summed E-state index contributed by atoms with van der Waals surface area (Å²) >= 11 is 0. The maximum absolute atomic E-state index is 12.0. The van der Waals surface area contributed by atoms with Gasteiger partial charge in [-0.25, -0.2) is 0 Å². The van der Waals surface area contributed by atoms with Crippen molar-refractivity contribution in [2.75, 3.05) is 34.5 Å². The molecule has 0 aliphatic rings. The van der Waals surface area contributed by atoms with Crippen molar-refractivity contribution in [3.8, 4) is 23.0 Å². The first-order valence-corrected chi connectivity index (χ1v) is 9.09. The Hall–Kier alpha value is -3.15. The average molecular weight is 385 g/mol. The number of carbonyl (C=O) groups is 1. The van der Waals surface area contributed by atoms with Crippen LogP contribution >= 0.6 is 0 Å². The van der Waals surface area contributed by atoms with Crippen LogP contribution in [0.15, 0.2) is 42.5 Å². The smallest absolute Gasteiger partial charge is 0.244 e. The SMILES string of the molecule is CCc1ccc(OCCNC(=O)/C=C/c2ccc(OC)c(OC)c2OC)cc1. The van der Waals surface area contributed by atoms with E-state index in [0.29, 0.717) is 36.0 Å². The van der Waals surface area contributed by atoms with Crippen molar-refractivity contribution in [3.05, 3.63) is 53.6 Å². The fourth-order valence-corrected chi connectivity index (χ4v) is 2.64. The highest BCUT2D eigenvalue weighted by molar-refractivity contribution is 5.92. The Morgan fingerprint density at radius 3 is 2.29 bits per heavy atom. The van der Waals surface area contributed by atoms with Gasteiger partial charge in [-0.1, -0.05) is 19.1 Å². The Labute approximate surface area is 166 Å². The van der Waals surface area contributed by atoms with Crippen molar-refractivity contribution in [2.45, 2.75) is 13.3 Å². The summed E-state index contributed by atoms with van der Waals surface area (Å²) in [7, 11) is 4.63. The van der Waals surface area contributed by atoms with Gasteiger partial charge in [0, 0.05) is 11.6 Å². The van der Waals surface area contributed by atoms with E-state index < -0.39 is 0 Å². The summed E-state index contributed by atoms with van der Waals surface area (Å²) in [6.45, 7) is 2.91. The van der Waals surface area contributed by atoms with Crippen LogP contribution in [0, 0.1) is 0 Å². The molecule has 0 unspecified atom stereocenters. The number of nitrogens with one attached hydrogen (secondary N) is 1. The highest BCUT2D eigenvalue weighted by atomic mass is 16.5. The molecular weight excluding hydrogens is 358 g/mol. The van der Waals surface area contributed by atoms with E-state index >= 15 is 0 Å². The van der Waals surface area contributed by atoms with Crippen LogP contribution in [0.3, 0.4) is 0 Å². The molecule has 0 radical (unpaired) electrons. The van der Waals surface area contributed by atoms with Crippen LogP contribution in [0.1, 0.15) is 18.1 Å². The van der Waals surface area contributed by atoms with E-state index in [1.807, 2.05) is 24.3 Å². The van der Waals surface area contributed by atoms with E-state index in [1.54, 1.807) is 32.4 Å². The minimum Gasteiger partial charge on any atom is -0.493 e. The number of amides is 1. The summed E-state index contributed by atoms with van der Waals surface area (Å²) < 4.78 is 21.6. The summed E-state index contributed by atoms with van der Waals surface area (Å²) in [5, 5.41) is 2.79. The van der Waals surface area contributed by atoms with Gasteiger partial charge in [-0.3, -0.25) is 4.79 Å². The van der Waals surface area contributed by atoms with Crippen LogP contribution < -0.4 is 24.3 Å². The first-order valence-electron chi connectivity index (χ1n) is 9.09. The molecule has 0 atom stereocenters. The zero-order valence-corrected chi connectivity index (χ0v) is 16.8. The predicted molar refractivity (Wildman–Crippen MR) is 109 cm³/mol. The van der Waals surface area contributed by atoms with Gasteiger partial charge in [0.2, 0.25) is 11.7 Å². The monoisotopic (exact) mass is 385 g/mol. The number of hydrogen-bond acceptors (Lipinski definition) is 5. The molecule has 1 amide bonds. The van der Waals surface area contributed by atoms with Gasteiger partial charge in [-0.05, 0) is 42.3 Å². The molecule has 0 bridgehead atoms. The van der Waals surface area contributed by atoms with Crippen LogP contribution in [0.4, 0.5) is 0 Å². The number of rotatable bonds is 10. The first-order chi connectivity index (χ1) is 13.6. The second-order valence-corrected chi connectivity index (χ2v) is 5.89. The lowest BCUT2D eigenvalue weighted by atomic mass is 10.1. The second-order valence-electron chi connectivity index (χ2n) is 5.89. The third kappa shape index (κ3) is 5.67. The van der Waals surface area contributed by atoms with Crippen molar-refractivity contribution in [3.63, 3.8) is 0 Å². The summed E-state index contributed by atoms with van der Waals surface area (Å²) in [6, 6.07) is 11.5. The number of benzene rings is 2. The fourth-order valence-electron chi connectivity index (χ4n) is 2.64. The third-order valence-corrected chi connectivity index (χ3v) is 4.15. The van der Waals surface area contributed by atoms with E-state index in [4.69, 9.17) is 18.9 Å². The fraction of sp³-hybridized carbons (Fsp3) is 0.318. The quantitative estimate of drug-likeness (QED) is 0.501. The number of carbonyl (C=O) groups excluding carboxylic acids is 1. The number of ether oxygens (including phenoxy) is 4. The lowest BCUT2D eigenvalue weighted by molar-refractivity contribution is -0.116. The molecule has 6 heteroatoms. The molecular formula is C22H27NO5. The van der Waals surface area contributed by atoms with Gasteiger partial charge >= 0.3 is 0 Å². The van der Waals surface area contributed by atoms with Crippen molar-refractivity contribution in [2.24, 2.45) is 0 Å². The van der Waals surface area contributed by atoms with E-state index in [0.717, 1.165) is 12.2 Å². The van der Waals surface area contributed by atoms with Crippen molar-refractivity contribution in [1.82, 2.24) is 5.32 Å². The van der Waals surface area contributed by atoms with Crippen LogP contribution in [0.25, 0.3) is 6.08 Å². The molecule has 0 aliphatic carbocycles. The van der Waals surface area contributed by atoms with Crippen molar-refractivity contribution < 1.29 is 23.7 Å². The zero-order valence-electron chi connectivity index (χ0n) is 16.8. The summed E-state index contributed by atoms with van der Waals surface area (Å²) in [5.74, 6) is 2.11. The highest BCUT2D eigenvalue weighted by Gasteiger charge is 2.14. The molecule has 0 heterocycles. The molecule has 28 heavy (non-hydrogen) atoms. The van der Waals surface area contributed by atoms with Crippen molar-refractivity contribution in [1.29, 1.82) is 0 Å². The normalized spacial score (nSPS) is 10.6. The molecule has 2 rings (SSSR count). The summed E-state index contributed by atoms with van der Waals surface area (Å²) in [4.78, 5) is 12.0. The maximum Gasteiger partial charge on any atom is 0.244 e. The highest BCUT2D eigenvalue weighted by Crippen LogP contribution is 2.40. The molecule has 0 spiro atoms. The number of aryl methyl sites for hydroxylation is 1. The Morgan fingerprint density at radius 2 is 1.68 bits per heavy atom.